The quantitative estimate of drug-likeness (QED) is 0.729. The van der Waals surface area contributed by atoms with Gasteiger partial charge in [-0.25, -0.2) is 0 Å². The van der Waals surface area contributed by atoms with E-state index in [4.69, 9.17) is 0 Å². The largest absolute Gasteiger partial charge is 0.392 e. The Labute approximate surface area is 99.3 Å². The lowest BCUT2D eigenvalue weighted by Crippen LogP contribution is -2.10. The van der Waals surface area contributed by atoms with Crippen LogP contribution in [0.15, 0.2) is 42.7 Å². The van der Waals surface area contributed by atoms with Gasteiger partial charge in [-0.2, -0.15) is 0 Å². The summed E-state index contributed by atoms with van der Waals surface area (Å²) < 4.78 is 2.09. The van der Waals surface area contributed by atoms with Crippen LogP contribution in [0.4, 0.5) is 0 Å². The molecule has 0 saturated heterocycles. The number of aliphatic hydroxyl groups excluding tert-OH is 1. The highest BCUT2D eigenvalue weighted by Gasteiger charge is 2.07. The monoisotopic (exact) mass is 226 g/mol. The fraction of sp³-hybridized carbons (Fsp3) is 0.214. The third-order valence-corrected chi connectivity index (χ3v) is 2.97. The smallest absolute Gasteiger partial charge is 0.0723 e. The molecule has 2 aromatic heterocycles. The highest BCUT2D eigenvalue weighted by Crippen LogP contribution is 2.25. The molecule has 2 heterocycles. The number of rotatable bonds is 2. The number of benzene rings is 1. The fourth-order valence-electron chi connectivity index (χ4n) is 2.29. The molecule has 0 spiro atoms. The first kappa shape index (κ1) is 10.3. The third kappa shape index (κ3) is 1.68. The predicted octanol–water partition coefficient (Wildman–Crippen LogP) is 2.57. The lowest BCUT2D eigenvalue weighted by Gasteiger charge is -2.09. The molecule has 0 aliphatic heterocycles. The molecule has 0 aliphatic rings. The van der Waals surface area contributed by atoms with Gasteiger partial charge in [0.2, 0.25) is 0 Å². The molecule has 3 aromatic rings. The summed E-state index contributed by atoms with van der Waals surface area (Å²) in [4.78, 5) is 4.36. The van der Waals surface area contributed by atoms with E-state index in [-0.39, 0.29) is 6.10 Å². The van der Waals surface area contributed by atoms with Gasteiger partial charge in [0.15, 0.2) is 0 Å². The van der Waals surface area contributed by atoms with E-state index < -0.39 is 0 Å². The van der Waals surface area contributed by atoms with E-state index in [1.165, 1.54) is 5.39 Å². The number of aromatic nitrogens is 2. The Morgan fingerprint density at radius 2 is 2.18 bits per heavy atom. The second kappa shape index (κ2) is 3.86. The van der Waals surface area contributed by atoms with Crippen molar-refractivity contribution in [2.24, 2.45) is 0 Å². The Bertz CT molecular complexity index is 670. The minimum atomic E-state index is -0.350. The lowest BCUT2D eigenvalue weighted by atomic mass is 10.1. The predicted molar refractivity (Wildman–Crippen MR) is 68.9 cm³/mol. The molecule has 1 N–H and O–H groups in total. The third-order valence-electron chi connectivity index (χ3n) is 2.97. The van der Waals surface area contributed by atoms with Crippen LogP contribution in [-0.2, 0) is 6.54 Å². The first-order valence-electron chi connectivity index (χ1n) is 5.76. The van der Waals surface area contributed by atoms with Gasteiger partial charge < -0.3 is 9.67 Å². The summed E-state index contributed by atoms with van der Waals surface area (Å²) in [5.41, 5.74) is 2.14. The molecular formula is C14H14N2O. The average molecular weight is 226 g/mol. The van der Waals surface area contributed by atoms with Crippen LogP contribution in [-0.4, -0.2) is 20.8 Å². The fourth-order valence-corrected chi connectivity index (χ4v) is 2.29. The van der Waals surface area contributed by atoms with Gasteiger partial charge in [-0.3, -0.25) is 4.98 Å². The SMILES string of the molecule is CC(O)Cn1ccc2ccc3ncccc3c21. The molecule has 3 rings (SSSR count). The van der Waals surface area contributed by atoms with Crippen molar-refractivity contribution in [1.29, 1.82) is 0 Å². The van der Waals surface area contributed by atoms with E-state index >= 15 is 0 Å². The Kier molecular flexibility index (Phi) is 2.34. The van der Waals surface area contributed by atoms with Gasteiger partial charge in [0.1, 0.15) is 0 Å². The van der Waals surface area contributed by atoms with Crippen molar-refractivity contribution >= 4 is 21.8 Å². The molecule has 1 atom stereocenters. The number of hydrogen-bond acceptors (Lipinski definition) is 2. The Balaban J connectivity index is 2.34. The van der Waals surface area contributed by atoms with Gasteiger partial charge in [-0.1, -0.05) is 6.07 Å². The summed E-state index contributed by atoms with van der Waals surface area (Å²) in [5, 5.41) is 11.8. The lowest BCUT2D eigenvalue weighted by molar-refractivity contribution is 0.175. The summed E-state index contributed by atoms with van der Waals surface area (Å²) in [7, 11) is 0. The van der Waals surface area contributed by atoms with E-state index in [1.807, 2.05) is 18.3 Å². The van der Waals surface area contributed by atoms with Crippen molar-refractivity contribution in [2.75, 3.05) is 0 Å². The highest BCUT2D eigenvalue weighted by molar-refractivity contribution is 6.04. The van der Waals surface area contributed by atoms with Crippen LogP contribution in [0.25, 0.3) is 21.8 Å². The van der Waals surface area contributed by atoms with Crippen LogP contribution >= 0.6 is 0 Å². The number of aliphatic hydroxyl groups is 1. The van der Waals surface area contributed by atoms with Crippen molar-refractivity contribution in [3.05, 3.63) is 42.7 Å². The molecule has 1 unspecified atom stereocenters. The van der Waals surface area contributed by atoms with Crippen LogP contribution < -0.4 is 0 Å². The minimum absolute atomic E-state index is 0.350. The van der Waals surface area contributed by atoms with Gasteiger partial charge >= 0.3 is 0 Å². The summed E-state index contributed by atoms with van der Waals surface area (Å²) in [5.74, 6) is 0. The number of nitrogens with zero attached hydrogens (tertiary/aromatic N) is 2. The number of pyridine rings is 1. The standard InChI is InChI=1S/C14H14N2O/c1-10(17)9-16-8-6-11-4-5-13-12(14(11)16)3-2-7-15-13/h2-8,10,17H,9H2,1H3. The summed E-state index contributed by atoms with van der Waals surface area (Å²) >= 11 is 0. The molecule has 17 heavy (non-hydrogen) atoms. The van der Waals surface area contributed by atoms with Crippen molar-refractivity contribution in [3.8, 4) is 0 Å². The second-order valence-electron chi connectivity index (χ2n) is 4.39. The van der Waals surface area contributed by atoms with Crippen LogP contribution in [0.3, 0.4) is 0 Å². The normalized spacial score (nSPS) is 13.3. The maximum atomic E-state index is 9.52. The molecule has 0 aliphatic carbocycles. The van der Waals surface area contributed by atoms with Gasteiger partial charge in [0.25, 0.3) is 0 Å². The van der Waals surface area contributed by atoms with Crippen molar-refractivity contribution in [2.45, 2.75) is 19.6 Å². The number of hydrogen-bond donors (Lipinski definition) is 1. The average Bonchev–Trinajstić information content (AvgIpc) is 2.72. The van der Waals surface area contributed by atoms with Crippen LogP contribution in [0.2, 0.25) is 0 Å². The summed E-state index contributed by atoms with van der Waals surface area (Å²) in [6.07, 6.45) is 3.47. The van der Waals surface area contributed by atoms with E-state index in [1.54, 1.807) is 13.1 Å². The van der Waals surface area contributed by atoms with Crippen LogP contribution in [0.1, 0.15) is 6.92 Å². The van der Waals surface area contributed by atoms with Gasteiger partial charge in [0.05, 0.1) is 17.1 Å². The molecule has 0 amide bonds. The van der Waals surface area contributed by atoms with Crippen molar-refractivity contribution in [1.82, 2.24) is 9.55 Å². The topological polar surface area (TPSA) is 38.0 Å². The van der Waals surface area contributed by atoms with E-state index in [2.05, 4.69) is 27.8 Å². The first-order valence-corrected chi connectivity index (χ1v) is 5.76. The molecule has 3 nitrogen and oxygen atoms in total. The second-order valence-corrected chi connectivity index (χ2v) is 4.39. The van der Waals surface area contributed by atoms with Crippen molar-refractivity contribution in [3.63, 3.8) is 0 Å². The van der Waals surface area contributed by atoms with E-state index in [0.29, 0.717) is 6.54 Å². The molecule has 0 fully saturated rings. The van der Waals surface area contributed by atoms with Gasteiger partial charge in [0, 0.05) is 29.7 Å². The highest BCUT2D eigenvalue weighted by atomic mass is 16.3. The summed E-state index contributed by atoms with van der Waals surface area (Å²) in [6.45, 7) is 2.41. The van der Waals surface area contributed by atoms with E-state index in [0.717, 1.165) is 16.4 Å². The molecule has 0 radical (unpaired) electrons. The molecule has 0 bridgehead atoms. The molecular weight excluding hydrogens is 212 g/mol. The first-order chi connectivity index (χ1) is 8.25. The minimum Gasteiger partial charge on any atom is -0.392 e. The zero-order chi connectivity index (χ0) is 11.8. The van der Waals surface area contributed by atoms with Crippen molar-refractivity contribution < 1.29 is 5.11 Å². The molecule has 3 heteroatoms. The maximum Gasteiger partial charge on any atom is 0.0723 e. The summed E-state index contributed by atoms with van der Waals surface area (Å²) in [6, 6.07) is 10.2. The Hall–Kier alpha value is -1.87. The van der Waals surface area contributed by atoms with Gasteiger partial charge in [-0.05, 0) is 31.2 Å². The molecule has 86 valence electrons. The molecule has 1 aromatic carbocycles. The Morgan fingerprint density at radius 1 is 1.29 bits per heavy atom. The maximum absolute atomic E-state index is 9.52. The number of fused-ring (bicyclic) bond motifs is 3. The van der Waals surface area contributed by atoms with E-state index in [9.17, 15) is 5.11 Å². The zero-order valence-corrected chi connectivity index (χ0v) is 9.67. The zero-order valence-electron chi connectivity index (χ0n) is 9.67. The van der Waals surface area contributed by atoms with Crippen LogP contribution in [0.5, 0.6) is 0 Å². The molecule has 0 saturated carbocycles. The Morgan fingerprint density at radius 3 is 3.00 bits per heavy atom. The van der Waals surface area contributed by atoms with Crippen LogP contribution in [0, 0.1) is 0 Å². The van der Waals surface area contributed by atoms with Gasteiger partial charge in [-0.15, -0.1) is 0 Å².